The summed E-state index contributed by atoms with van der Waals surface area (Å²) in [5, 5.41) is 34.7. The van der Waals surface area contributed by atoms with Crippen molar-refractivity contribution in [3.8, 4) is 17.2 Å². The van der Waals surface area contributed by atoms with Gasteiger partial charge in [-0.1, -0.05) is 90.8 Å². The summed E-state index contributed by atoms with van der Waals surface area (Å²) < 4.78 is 38.9. The van der Waals surface area contributed by atoms with Crippen LogP contribution in [0.5, 0.6) is 17.2 Å². The van der Waals surface area contributed by atoms with Gasteiger partial charge in [0.05, 0.1) is 51.3 Å². The van der Waals surface area contributed by atoms with Crippen molar-refractivity contribution in [2.45, 2.75) is 80.8 Å². The van der Waals surface area contributed by atoms with E-state index < -0.39 is 23.8 Å². The molecular formula is C55H68N2O11S. The average Bonchev–Trinajstić information content (AvgIpc) is 3.38. The molecule has 13 nitrogen and oxygen atoms in total. The Hall–Kier alpha value is -5.19. The molecular weight excluding hydrogens is 897 g/mol. The van der Waals surface area contributed by atoms with E-state index in [0.29, 0.717) is 42.4 Å². The van der Waals surface area contributed by atoms with Gasteiger partial charge in [-0.05, 0) is 103 Å². The van der Waals surface area contributed by atoms with Gasteiger partial charge < -0.3 is 48.6 Å². The molecule has 4 aromatic rings. The topological polar surface area (TPSA) is 158 Å². The van der Waals surface area contributed by atoms with Crippen LogP contribution in [0.3, 0.4) is 0 Å². The lowest BCUT2D eigenvalue weighted by molar-refractivity contribution is -0.256. The molecule has 370 valence electrons. The summed E-state index contributed by atoms with van der Waals surface area (Å²) in [6.07, 6.45) is 10.0. The molecule has 1 amide bonds. The Balaban J connectivity index is 1.36. The first-order chi connectivity index (χ1) is 33.9. The van der Waals surface area contributed by atoms with Crippen LogP contribution in [-0.2, 0) is 37.0 Å². The third-order valence-electron chi connectivity index (χ3n) is 13.1. The van der Waals surface area contributed by atoms with Gasteiger partial charge in [0.1, 0.15) is 36.5 Å². The van der Waals surface area contributed by atoms with Gasteiger partial charge in [0, 0.05) is 42.6 Å². The highest BCUT2D eigenvalue weighted by molar-refractivity contribution is 7.98. The number of amides is 1. The van der Waals surface area contributed by atoms with Gasteiger partial charge in [0.2, 0.25) is 5.79 Å². The highest BCUT2D eigenvalue weighted by Gasteiger charge is 2.65. The zero-order chi connectivity index (χ0) is 48.3. The van der Waals surface area contributed by atoms with Crippen LogP contribution in [0.25, 0.3) is 0 Å². The molecule has 3 aliphatic rings. The number of carbonyl (C=O) groups is 1. The number of hydrogen-bond acceptors (Lipinski definition) is 13. The fraction of sp³-hybridized carbons (Fsp3) is 0.455. The maximum Gasteiger partial charge on any atom is 0.410 e. The Labute approximate surface area is 411 Å². The third kappa shape index (κ3) is 13.4. The number of unbranched alkanes of at least 4 members (excludes halogenated alkanes) is 2. The van der Waals surface area contributed by atoms with Crippen LogP contribution in [0.2, 0.25) is 0 Å². The van der Waals surface area contributed by atoms with Crippen LogP contribution in [0.4, 0.5) is 4.79 Å². The minimum atomic E-state index is -1.52. The Morgan fingerprint density at radius 1 is 0.826 bits per heavy atom. The quantitative estimate of drug-likeness (QED) is 0.0215. The Bertz CT molecular complexity index is 2260. The molecule has 1 heterocycles. The van der Waals surface area contributed by atoms with E-state index in [9.17, 15) is 20.1 Å². The van der Waals surface area contributed by atoms with Crippen LogP contribution in [0, 0.1) is 17.8 Å². The highest BCUT2D eigenvalue weighted by atomic mass is 32.2. The van der Waals surface area contributed by atoms with Crippen LogP contribution in [-0.4, -0.2) is 110 Å². The molecule has 6 unspecified atom stereocenters. The van der Waals surface area contributed by atoms with Crippen LogP contribution >= 0.6 is 11.8 Å². The summed E-state index contributed by atoms with van der Waals surface area (Å²) in [6, 6.07) is 32.7. The van der Waals surface area contributed by atoms with Gasteiger partial charge in [-0.2, -0.15) is 0 Å². The molecule has 0 spiro atoms. The number of oxime groups is 1. The van der Waals surface area contributed by atoms with E-state index in [-0.39, 0.29) is 90.2 Å². The third-order valence-corrected chi connectivity index (χ3v) is 13.8. The normalized spacial score (nSPS) is 21.9. The van der Waals surface area contributed by atoms with Gasteiger partial charge in [-0.3, -0.25) is 4.90 Å². The van der Waals surface area contributed by atoms with Gasteiger partial charge in [-0.15, -0.1) is 18.3 Å². The van der Waals surface area contributed by atoms with Gasteiger partial charge in [0.25, 0.3) is 0 Å². The van der Waals surface area contributed by atoms with Crippen molar-refractivity contribution in [1.29, 1.82) is 0 Å². The number of aliphatic hydroxyl groups is 3. The van der Waals surface area contributed by atoms with E-state index in [1.165, 1.54) is 0 Å². The maximum absolute atomic E-state index is 14.8. The zero-order valence-electron chi connectivity index (χ0n) is 39.7. The number of thioether (sulfide) groups is 1. The van der Waals surface area contributed by atoms with Crippen LogP contribution < -0.4 is 9.47 Å². The lowest BCUT2D eigenvalue weighted by Gasteiger charge is -2.59. The molecule has 0 saturated heterocycles. The Morgan fingerprint density at radius 2 is 1.54 bits per heavy atom. The number of rotatable bonds is 28. The first kappa shape index (κ1) is 51.7. The number of benzene rings is 4. The van der Waals surface area contributed by atoms with Crippen molar-refractivity contribution in [3.63, 3.8) is 0 Å². The summed E-state index contributed by atoms with van der Waals surface area (Å²) in [5.41, 5.74) is 4.45. The maximum atomic E-state index is 14.8. The zero-order valence-corrected chi connectivity index (χ0v) is 40.5. The van der Waals surface area contributed by atoms with E-state index in [4.69, 9.17) is 38.4 Å². The number of carbonyl (C=O) groups excluding carboxylic acids is 1. The predicted octanol–water partition coefficient (Wildman–Crippen LogP) is 9.70. The molecule has 1 saturated carbocycles. The van der Waals surface area contributed by atoms with E-state index in [1.807, 2.05) is 103 Å². The van der Waals surface area contributed by atoms with Crippen molar-refractivity contribution in [2.24, 2.45) is 22.9 Å². The minimum Gasteiger partial charge on any atom is -0.459 e. The van der Waals surface area contributed by atoms with Crippen molar-refractivity contribution >= 4 is 23.6 Å². The van der Waals surface area contributed by atoms with Crippen molar-refractivity contribution in [3.05, 3.63) is 144 Å². The van der Waals surface area contributed by atoms with Crippen LogP contribution in [0.1, 0.15) is 67.6 Å². The van der Waals surface area contributed by atoms with Crippen molar-refractivity contribution in [2.75, 3.05) is 65.7 Å². The molecule has 7 rings (SSSR count). The van der Waals surface area contributed by atoms with E-state index >= 15 is 0 Å². The molecule has 0 radical (unpaired) electrons. The van der Waals surface area contributed by atoms with Crippen LogP contribution in [0.15, 0.2) is 137 Å². The van der Waals surface area contributed by atoms with Crippen molar-refractivity contribution in [1.82, 2.24) is 4.90 Å². The average molecular weight is 965 g/mol. The second-order valence-corrected chi connectivity index (χ2v) is 18.4. The number of nitrogens with zero attached hydrogens (tertiary/aromatic N) is 2. The van der Waals surface area contributed by atoms with Gasteiger partial charge in [0.15, 0.2) is 0 Å². The molecule has 6 atom stereocenters. The second kappa shape index (κ2) is 26.7. The number of allylic oxidation sites excluding steroid dienone is 1. The molecule has 0 aromatic heterocycles. The van der Waals surface area contributed by atoms with Gasteiger partial charge in [-0.25, -0.2) is 4.79 Å². The lowest BCUT2D eigenvalue weighted by atomic mass is 9.55. The smallest absolute Gasteiger partial charge is 0.410 e. The molecule has 4 aromatic carbocycles. The summed E-state index contributed by atoms with van der Waals surface area (Å²) in [4.78, 5) is 23.8. The minimum absolute atomic E-state index is 0.00903. The lowest BCUT2D eigenvalue weighted by Crippen LogP contribution is -2.70. The summed E-state index contributed by atoms with van der Waals surface area (Å²) in [5.74, 6) is -0.346. The molecule has 69 heavy (non-hydrogen) atoms. The fourth-order valence-corrected chi connectivity index (χ4v) is 10.4. The van der Waals surface area contributed by atoms with E-state index in [2.05, 4.69) is 18.7 Å². The number of fused-ring (bicyclic) bond motifs is 2. The first-order valence-corrected chi connectivity index (χ1v) is 25.4. The molecule has 14 heteroatoms. The SMILES string of the molecule is C=CCOC12Oc3ccc(Oc4ccc(SC)cc4)cc3C3C(CCCCO)C(CCCCO)C=C(C(=NOCc4ccccc4)CC1N(CCOCCO)C(=O)OCCOCc1ccccc1)C32. The summed E-state index contributed by atoms with van der Waals surface area (Å²) in [6.45, 7) is 5.11. The van der Waals surface area contributed by atoms with Crippen molar-refractivity contribution < 1.29 is 53.4 Å². The standard InChI is InChI=1S/C55H68N2O11S/c1-3-30-65-55-51(57(26-31-62-32-29-60)54(61)64-34-33-63-38-40-14-6-4-7-15-40)37-49(56-66-39-41-16-8-5-9-17-41)47-35-42(18-10-12-27-58)46(19-11-13-28-59)52(53(47)55)48-36-44(22-25-50(48)68-55)67-43-20-23-45(69-2)24-21-43/h3-9,14-17,20-25,35-36,42,46,51-53,58-60H,1,10-13,18-19,26-34,37-39H2,2H3. The molecule has 3 N–H and O–H groups in total. The molecule has 2 aliphatic carbocycles. The number of hydrogen-bond donors (Lipinski definition) is 3. The second-order valence-electron chi connectivity index (χ2n) is 17.5. The van der Waals surface area contributed by atoms with Gasteiger partial charge >= 0.3 is 6.09 Å². The fourth-order valence-electron chi connectivity index (χ4n) is 9.99. The number of aliphatic hydroxyl groups excluding tert-OH is 3. The van der Waals surface area contributed by atoms with E-state index in [1.54, 1.807) is 22.7 Å². The van der Waals surface area contributed by atoms with E-state index in [0.717, 1.165) is 52.8 Å². The Kier molecular flexibility index (Phi) is 20.0. The number of ether oxygens (including phenoxy) is 6. The molecule has 1 fully saturated rings. The highest BCUT2D eigenvalue weighted by Crippen LogP contribution is 2.62. The largest absolute Gasteiger partial charge is 0.459 e. The monoisotopic (exact) mass is 964 g/mol. The summed E-state index contributed by atoms with van der Waals surface area (Å²) >= 11 is 1.66. The molecule has 0 bridgehead atoms. The molecule has 1 aliphatic heterocycles. The summed E-state index contributed by atoms with van der Waals surface area (Å²) in [7, 11) is 0. The predicted molar refractivity (Wildman–Crippen MR) is 267 cm³/mol. The Morgan fingerprint density at radius 3 is 2.23 bits per heavy atom. The first-order valence-electron chi connectivity index (χ1n) is 24.2.